The molecule has 0 amide bonds. The van der Waals surface area contributed by atoms with Crippen LogP contribution in [-0.4, -0.2) is 34.8 Å². The number of aromatic amines is 1. The number of aryl methyl sites for hydroxylation is 1. The molecule has 1 aromatic carbocycles. The molecule has 1 atom stereocenters. The lowest BCUT2D eigenvalue weighted by Crippen LogP contribution is -2.21. The molecule has 3 rings (SSSR count). The Morgan fingerprint density at radius 1 is 1.53 bits per heavy atom. The third-order valence-corrected chi connectivity index (χ3v) is 3.47. The molecule has 2 heterocycles. The van der Waals surface area contributed by atoms with E-state index in [0.717, 1.165) is 36.5 Å². The molecule has 0 saturated carbocycles. The van der Waals surface area contributed by atoms with Crippen molar-refractivity contribution >= 4 is 17.0 Å². The summed E-state index contributed by atoms with van der Waals surface area (Å²) >= 11 is 0. The van der Waals surface area contributed by atoms with Crippen LogP contribution in [-0.2, 0) is 0 Å². The van der Waals surface area contributed by atoms with Gasteiger partial charge in [-0.1, -0.05) is 6.07 Å². The van der Waals surface area contributed by atoms with E-state index in [0.29, 0.717) is 5.92 Å². The molecule has 2 N–H and O–H groups in total. The molecular weight excluding hydrogens is 214 g/mol. The normalized spacial score (nSPS) is 20.4. The molecule has 1 unspecified atom stereocenters. The van der Waals surface area contributed by atoms with E-state index in [4.69, 9.17) is 5.11 Å². The summed E-state index contributed by atoms with van der Waals surface area (Å²) in [6.45, 7) is 4.23. The van der Waals surface area contributed by atoms with Crippen molar-refractivity contribution in [2.45, 2.75) is 13.3 Å². The fourth-order valence-corrected chi connectivity index (χ4v) is 2.43. The Morgan fingerprint density at radius 2 is 2.41 bits per heavy atom. The van der Waals surface area contributed by atoms with E-state index in [-0.39, 0.29) is 6.61 Å². The van der Waals surface area contributed by atoms with Gasteiger partial charge in [0.2, 0.25) is 5.95 Å². The molecule has 0 bridgehead atoms. The van der Waals surface area contributed by atoms with Crippen LogP contribution in [0.2, 0.25) is 0 Å². The third-order valence-electron chi connectivity index (χ3n) is 3.47. The monoisotopic (exact) mass is 231 g/mol. The van der Waals surface area contributed by atoms with Crippen LogP contribution in [0.25, 0.3) is 11.0 Å². The maximum absolute atomic E-state index is 9.15. The molecule has 1 aliphatic heterocycles. The van der Waals surface area contributed by atoms with Gasteiger partial charge in [-0.05, 0) is 31.0 Å². The number of aliphatic hydroxyl groups is 1. The van der Waals surface area contributed by atoms with Crippen LogP contribution in [0.3, 0.4) is 0 Å². The Morgan fingerprint density at radius 3 is 3.18 bits per heavy atom. The molecule has 17 heavy (non-hydrogen) atoms. The minimum atomic E-state index is 0.274. The molecule has 0 radical (unpaired) electrons. The third kappa shape index (κ3) is 1.89. The topological polar surface area (TPSA) is 52.1 Å². The molecule has 0 spiro atoms. The number of benzene rings is 1. The van der Waals surface area contributed by atoms with Crippen LogP contribution in [0.15, 0.2) is 18.2 Å². The fraction of sp³-hybridized carbons (Fsp3) is 0.462. The summed E-state index contributed by atoms with van der Waals surface area (Å²) in [6, 6.07) is 6.24. The van der Waals surface area contributed by atoms with E-state index < -0.39 is 0 Å². The zero-order valence-corrected chi connectivity index (χ0v) is 9.98. The Hall–Kier alpha value is -1.55. The second-order valence-electron chi connectivity index (χ2n) is 4.86. The van der Waals surface area contributed by atoms with Crippen molar-refractivity contribution in [1.82, 2.24) is 9.97 Å². The second kappa shape index (κ2) is 4.04. The number of nitrogens with zero attached hydrogens (tertiary/aromatic N) is 2. The highest BCUT2D eigenvalue weighted by Crippen LogP contribution is 2.24. The largest absolute Gasteiger partial charge is 0.396 e. The molecule has 4 nitrogen and oxygen atoms in total. The number of aromatic nitrogens is 2. The number of hydrogen-bond acceptors (Lipinski definition) is 3. The highest BCUT2D eigenvalue weighted by molar-refractivity contribution is 5.78. The molecule has 4 heteroatoms. The summed E-state index contributed by atoms with van der Waals surface area (Å²) in [5.41, 5.74) is 3.34. The first-order chi connectivity index (χ1) is 8.26. The zero-order chi connectivity index (χ0) is 11.8. The van der Waals surface area contributed by atoms with Gasteiger partial charge in [0.05, 0.1) is 11.0 Å². The quantitative estimate of drug-likeness (QED) is 0.827. The highest BCUT2D eigenvalue weighted by atomic mass is 16.3. The van der Waals surface area contributed by atoms with Gasteiger partial charge in [0.25, 0.3) is 0 Å². The van der Waals surface area contributed by atoms with Crippen molar-refractivity contribution in [3.8, 4) is 0 Å². The maximum atomic E-state index is 9.15. The van der Waals surface area contributed by atoms with E-state index in [1.807, 2.05) is 6.07 Å². The molecule has 2 aromatic rings. The second-order valence-corrected chi connectivity index (χ2v) is 4.86. The van der Waals surface area contributed by atoms with Crippen LogP contribution in [0, 0.1) is 12.8 Å². The van der Waals surface area contributed by atoms with Gasteiger partial charge in [-0.3, -0.25) is 0 Å². The number of fused-ring (bicyclic) bond motifs is 1. The van der Waals surface area contributed by atoms with Crippen molar-refractivity contribution in [3.63, 3.8) is 0 Å². The minimum Gasteiger partial charge on any atom is -0.396 e. The van der Waals surface area contributed by atoms with Gasteiger partial charge in [0.15, 0.2) is 0 Å². The lowest BCUT2D eigenvalue weighted by Gasteiger charge is -2.13. The predicted molar refractivity (Wildman–Crippen MR) is 68.2 cm³/mol. The van der Waals surface area contributed by atoms with Crippen molar-refractivity contribution in [2.24, 2.45) is 5.92 Å². The number of nitrogens with one attached hydrogen (secondary N) is 1. The SMILES string of the molecule is Cc1ccc2nc(N3CCC(CO)C3)[nH]c2c1. The highest BCUT2D eigenvalue weighted by Gasteiger charge is 2.23. The van der Waals surface area contributed by atoms with Gasteiger partial charge in [-0.2, -0.15) is 0 Å². The van der Waals surface area contributed by atoms with Crippen molar-refractivity contribution in [3.05, 3.63) is 23.8 Å². The smallest absolute Gasteiger partial charge is 0.203 e. The molecule has 1 aromatic heterocycles. The number of rotatable bonds is 2. The summed E-state index contributed by atoms with van der Waals surface area (Å²) in [5.74, 6) is 1.33. The van der Waals surface area contributed by atoms with Crippen molar-refractivity contribution < 1.29 is 5.11 Å². The Balaban J connectivity index is 1.91. The standard InChI is InChI=1S/C13H17N3O/c1-9-2-3-11-12(6-9)15-13(14-11)16-5-4-10(7-16)8-17/h2-3,6,10,17H,4-5,7-8H2,1H3,(H,14,15). The summed E-state index contributed by atoms with van der Waals surface area (Å²) in [7, 11) is 0. The Bertz CT molecular complexity index is 534. The van der Waals surface area contributed by atoms with Gasteiger partial charge < -0.3 is 15.0 Å². The van der Waals surface area contributed by atoms with Gasteiger partial charge in [0, 0.05) is 25.6 Å². The van der Waals surface area contributed by atoms with E-state index in [2.05, 4.69) is 33.9 Å². The van der Waals surface area contributed by atoms with Crippen LogP contribution in [0.5, 0.6) is 0 Å². The number of anilines is 1. The first-order valence-electron chi connectivity index (χ1n) is 6.08. The van der Waals surface area contributed by atoms with Gasteiger partial charge in [0.1, 0.15) is 0 Å². The number of imidazole rings is 1. The lowest BCUT2D eigenvalue weighted by molar-refractivity contribution is 0.238. The summed E-state index contributed by atoms with van der Waals surface area (Å²) < 4.78 is 0. The first-order valence-corrected chi connectivity index (χ1v) is 6.08. The molecular formula is C13H17N3O. The fourth-order valence-electron chi connectivity index (χ4n) is 2.43. The first kappa shape index (κ1) is 10.6. The zero-order valence-electron chi connectivity index (χ0n) is 9.98. The Labute approximate surface area is 100 Å². The average Bonchev–Trinajstić information content (AvgIpc) is 2.93. The number of H-pyrrole nitrogens is 1. The van der Waals surface area contributed by atoms with E-state index in [1.165, 1.54) is 5.56 Å². The van der Waals surface area contributed by atoms with Crippen LogP contribution >= 0.6 is 0 Å². The Kier molecular flexibility index (Phi) is 2.52. The van der Waals surface area contributed by atoms with E-state index in [1.54, 1.807) is 0 Å². The van der Waals surface area contributed by atoms with Crippen LogP contribution in [0.1, 0.15) is 12.0 Å². The van der Waals surface area contributed by atoms with E-state index >= 15 is 0 Å². The van der Waals surface area contributed by atoms with Gasteiger partial charge in [-0.25, -0.2) is 4.98 Å². The van der Waals surface area contributed by atoms with Crippen molar-refractivity contribution in [1.29, 1.82) is 0 Å². The maximum Gasteiger partial charge on any atom is 0.203 e. The molecule has 1 fully saturated rings. The van der Waals surface area contributed by atoms with Gasteiger partial charge >= 0.3 is 0 Å². The van der Waals surface area contributed by atoms with Gasteiger partial charge in [-0.15, -0.1) is 0 Å². The molecule has 0 aliphatic carbocycles. The molecule has 1 aliphatic rings. The average molecular weight is 231 g/mol. The van der Waals surface area contributed by atoms with Crippen molar-refractivity contribution in [2.75, 3.05) is 24.6 Å². The molecule has 90 valence electrons. The van der Waals surface area contributed by atoms with Crippen LogP contribution < -0.4 is 4.90 Å². The summed E-state index contributed by atoms with van der Waals surface area (Å²) in [5, 5.41) is 9.15. The van der Waals surface area contributed by atoms with Crippen LogP contribution in [0.4, 0.5) is 5.95 Å². The number of aliphatic hydroxyl groups excluding tert-OH is 1. The molecule has 1 saturated heterocycles. The predicted octanol–water partition coefficient (Wildman–Crippen LogP) is 1.69. The summed E-state index contributed by atoms with van der Waals surface area (Å²) in [4.78, 5) is 10.2. The minimum absolute atomic E-state index is 0.274. The summed E-state index contributed by atoms with van der Waals surface area (Å²) in [6.07, 6.45) is 1.05. The van der Waals surface area contributed by atoms with E-state index in [9.17, 15) is 0 Å². The lowest BCUT2D eigenvalue weighted by atomic mass is 10.1. The number of hydrogen-bond donors (Lipinski definition) is 2.